The van der Waals surface area contributed by atoms with Crippen molar-refractivity contribution in [1.82, 2.24) is 24.6 Å². The number of rotatable bonds is 8. The van der Waals surface area contributed by atoms with E-state index in [1.807, 2.05) is 75.3 Å². The Morgan fingerprint density at radius 2 is 1.88 bits per heavy atom. The van der Waals surface area contributed by atoms with E-state index in [9.17, 15) is 0 Å². The largest absolute Gasteiger partial charge is 0.494 e. The molecule has 0 atom stereocenters. The van der Waals surface area contributed by atoms with Gasteiger partial charge in [0.25, 0.3) is 0 Å². The number of methoxy groups -OCH3 is 1. The molecule has 9 heteroatoms. The Morgan fingerprint density at radius 3 is 2.64 bits per heavy atom. The Bertz CT molecular complexity index is 1270. The van der Waals surface area contributed by atoms with E-state index in [0.29, 0.717) is 23.1 Å². The van der Waals surface area contributed by atoms with Crippen LogP contribution in [0.25, 0.3) is 22.3 Å². The number of anilines is 4. The molecule has 33 heavy (non-hydrogen) atoms. The van der Waals surface area contributed by atoms with Crippen LogP contribution < -0.4 is 20.7 Å². The third-order valence-corrected chi connectivity index (χ3v) is 5.55. The second-order valence-corrected chi connectivity index (χ2v) is 8.22. The van der Waals surface area contributed by atoms with Gasteiger partial charge in [0.2, 0.25) is 5.95 Å². The molecule has 0 spiro atoms. The quantitative estimate of drug-likeness (QED) is 0.398. The van der Waals surface area contributed by atoms with E-state index in [-0.39, 0.29) is 0 Å². The van der Waals surface area contributed by atoms with Crippen molar-refractivity contribution in [3.05, 3.63) is 48.7 Å². The fourth-order valence-corrected chi connectivity index (χ4v) is 3.73. The maximum atomic E-state index is 6.39. The first-order chi connectivity index (χ1) is 15.9. The van der Waals surface area contributed by atoms with Gasteiger partial charge in [-0.3, -0.25) is 4.68 Å². The number of para-hydroxylation sites is 1. The smallest absolute Gasteiger partial charge is 0.227 e. The van der Waals surface area contributed by atoms with E-state index in [1.54, 1.807) is 13.3 Å². The van der Waals surface area contributed by atoms with Crippen molar-refractivity contribution in [1.29, 1.82) is 0 Å². The van der Waals surface area contributed by atoms with Crippen molar-refractivity contribution < 1.29 is 4.74 Å². The molecule has 0 bridgehead atoms. The van der Waals surface area contributed by atoms with Crippen molar-refractivity contribution in [3.63, 3.8) is 0 Å². The molecule has 2 aromatic carbocycles. The van der Waals surface area contributed by atoms with Crippen LogP contribution in [0.3, 0.4) is 0 Å². The summed E-state index contributed by atoms with van der Waals surface area (Å²) in [6.45, 7) is 1.76. The van der Waals surface area contributed by atoms with Gasteiger partial charge >= 0.3 is 0 Å². The molecule has 9 nitrogen and oxygen atoms in total. The van der Waals surface area contributed by atoms with Crippen molar-refractivity contribution >= 4 is 33.9 Å². The summed E-state index contributed by atoms with van der Waals surface area (Å²) in [6.07, 6.45) is 1.72. The average Bonchev–Trinajstić information content (AvgIpc) is 3.14. The summed E-state index contributed by atoms with van der Waals surface area (Å²) < 4.78 is 7.49. The van der Waals surface area contributed by atoms with Crippen LogP contribution in [0.4, 0.5) is 23.0 Å². The molecule has 0 aliphatic heterocycles. The highest BCUT2D eigenvalue weighted by Gasteiger charge is 2.15. The first-order valence-electron chi connectivity index (χ1n) is 10.7. The molecule has 4 aromatic rings. The van der Waals surface area contributed by atoms with Crippen LogP contribution in [0, 0.1) is 0 Å². The van der Waals surface area contributed by atoms with Crippen LogP contribution in [-0.2, 0) is 7.05 Å². The third kappa shape index (κ3) is 4.68. The number of benzene rings is 2. The lowest BCUT2D eigenvalue weighted by Crippen LogP contribution is -2.29. The molecular formula is C24H30N8O. The van der Waals surface area contributed by atoms with Gasteiger partial charge in [-0.15, -0.1) is 0 Å². The van der Waals surface area contributed by atoms with Crippen LogP contribution in [0.2, 0.25) is 0 Å². The zero-order valence-electron chi connectivity index (χ0n) is 19.7. The molecule has 0 amide bonds. The number of ether oxygens (including phenoxy) is 1. The Hall–Kier alpha value is -3.85. The highest BCUT2D eigenvalue weighted by Crippen LogP contribution is 2.36. The third-order valence-electron chi connectivity index (χ3n) is 5.55. The fraction of sp³-hybridized carbons (Fsp3) is 0.292. The first-order valence-corrected chi connectivity index (χ1v) is 10.7. The molecule has 4 rings (SSSR count). The van der Waals surface area contributed by atoms with Crippen LogP contribution in [0.15, 0.2) is 48.7 Å². The summed E-state index contributed by atoms with van der Waals surface area (Å²) in [5.74, 6) is 1.10. The minimum atomic E-state index is 0.439. The zero-order chi connectivity index (χ0) is 23.5. The van der Waals surface area contributed by atoms with Crippen molar-refractivity contribution in [2.75, 3.05) is 57.3 Å². The molecule has 2 aromatic heterocycles. The molecule has 0 radical (unpaired) electrons. The van der Waals surface area contributed by atoms with E-state index in [2.05, 4.69) is 25.2 Å². The van der Waals surface area contributed by atoms with E-state index in [0.717, 1.165) is 41.1 Å². The number of aryl methyl sites for hydroxylation is 1. The van der Waals surface area contributed by atoms with E-state index < -0.39 is 0 Å². The number of nitrogen functional groups attached to an aromatic ring is 1. The van der Waals surface area contributed by atoms with Crippen molar-refractivity contribution in [2.24, 2.45) is 7.05 Å². The van der Waals surface area contributed by atoms with Gasteiger partial charge in [0.05, 0.1) is 35.4 Å². The number of likely N-dealkylation sites (N-methyl/N-ethyl adjacent to an activating group) is 2. The van der Waals surface area contributed by atoms with Crippen molar-refractivity contribution in [3.8, 4) is 17.1 Å². The molecular weight excluding hydrogens is 416 g/mol. The van der Waals surface area contributed by atoms with Gasteiger partial charge in [0, 0.05) is 44.8 Å². The number of aromatic nitrogens is 4. The Balaban J connectivity index is 1.63. The maximum Gasteiger partial charge on any atom is 0.227 e. The normalized spacial score (nSPS) is 11.2. The summed E-state index contributed by atoms with van der Waals surface area (Å²) in [7, 11) is 9.68. The second kappa shape index (κ2) is 9.33. The number of fused-ring (bicyclic) bond motifs is 1. The second-order valence-electron chi connectivity index (χ2n) is 8.22. The lowest BCUT2D eigenvalue weighted by Gasteiger charge is -2.24. The summed E-state index contributed by atoms with van der Waals surface area (Å²) in [5.41, 5.74) is 11.2. The average molecular weight is 447 g/mol. The molecule has 2 heterocycles. The number of hydrogen-bond acceptors (Lipinski definition) is 8. The first kappa shape index (κ1) is 22.3. The highest BCUT2D eigenvalue weighted by atomic mass is 16.5. The van der Waals surface area contributed by atoms with Gasteiger partial charge in [-0.25, -0.2) is 9.97 Å². The molecule has 172 valence electrons. The molecule has 3 N–H and O–H groups in total. The highest BCUT2D eigenvalue weighted by molar-refractivity contribution is 5.92. The number of nitrogens with two attached hydrogens (primary N) is 1. The maximum absolute atomic E-state index is 6.39. The minimum absolute atomic E-state index is 0.439. The van der Waals surface area contributed by atoms with Gasteiger partial charge in [-0.05, 0) is 32.3 Å². The van der Waals surface area contributed by atoms with Gasteiger partial charge < -0.3 is 25.6 Å². The number of nitrogens with zero attached hydrogens (tertiary/aromatic N) is 6. The van der Waals surface area contributed by atoms with Gasteiger partial charge in [0.1, 0.15) is 11.4 Å². The predicted octanol–water partition coefficient (Wildman–Crippen LogP) is 3.36. The lowest BCUT2D eigenvalue weighted by molar-refractivity contribution is 0.413. The summed E-state index contributed by atoms with van der Waals surface area (Å²) in [6, 6.07) is 13.7. The van der Waals surface area contributed by atoms with Crippen LogP contribution in [-0.4, -0.2) is 66.0 Å². The Labute approximate surface area is 193 Å². The fourth-order valence-electron chi connectivity index (χ4n) is 3.73. The predicted molar refractivity (Wildman–Crippen MR) is 134 cm³/mol. The zero-order valence-corrected chi connectivity index (χ0v) is 19.7. The molecule has 0 aliphatic rings. The van der Waals surface area contributed by atoms with E-state index >= 15 is 0 Å². The summed E-state index contributed by atoms with van der Waals surface area (Å²) >= 11 is 0. The van der Waals surface area contributed by atoms with Gasteiger partial charge in [-0.2, -0.15) is 5.10 Å². The molecule has 0 saturated heterocycles. The van der Waals surface area contributed by atoms with Gasteiger partial charge in [0.15, 0.2) is 0 Å². The number of nitrogens with one attached hydrogen (secondary N) is 1. The SMILES string of the molecule is COc1cc(N(C)CCN(C)C)c(N)cc1Nc1nccc(-c2nn(C)c3ccccc23)n1. The van der Waals surface area contributed by atoms with Gasteiger partial charge in [-0.1, -0.05) is 18.2 Å². The topological polar surface area (TPSA) is 97.4 Å². The Kier molecular flexibility index (Phi) is 6.32. The summed E-state index contributed by atoms with van der Waals surface area (Å²) in [5, 5.41) is 8.96. The molecule has 0 aliphatic carbocycles. The molecule has 0 unspecified atom stereocenters. The van der Waals surface area contributed by atoms with Crippen molar-refractivity contribution in [2.45, 2.75) is 0 Å². The Morgan fingerprint density at radius 1 is 1.09 bits per heavy atom. The molecule has 0 fully saturated rings. The van der Waals surface area contributed by atoms with Crippen LogP contribution in [0.5, 0.6) is 5.75 Å². The van der Waals surface area contributed by atoms with E-state index in [1.165, 1.54) is 0 Å². The number of hydrogen-bond donors (Lipinski definition) is 2. The summed E-state index contributed by atoms with van der Waals surface area (Å²) in [4.78, 5) is 13.3. The lowest BCUT2D eigenvalue weighted by atomic mass is 10.1. The van der Waals surface area contributed by atoms with Crippen LogP contribution >= 0.6 is 0 Å². The molecule has 0 saturated carbocycles. The monoisotopic (exact) mass is 446 g/mol. The standard InChI is InChI=1S/C24H30N8O/c1-30(2)12-13-31(3)21-15-22(33-5)19(14-17(21)25)28-24-26-11-10-18(27-24)23-16-8-6-7-9-20(16)32(4)29-23/h6-11,14-15H,12-13,25H2,1-5H3,(H,26,27,28). The van der Waals surface area contributed by atoms with E-state index in [4.69, 9.17) is 15.5 Å². The van der Waals surface area contributed by atoms with Crippen LogP contribution in [0.1, 0.15) is 0 Å². The minimum Gasteiger partial charge on any atom is -0.494 e.